The maximum Gasteiger partial charge on any atom is 0.123 e. The van der Waals surface area contributed by atoms with E-state index in [4.69, 9.17) is 10.5 Å². The van der Waals surface area contributed by atoms with E-state index in [2.05, 4.69) is 50.8 Å². The summed E-state index contributed by atoms with van der Waals surface area (Å²) in [6.45, 7) is 1.43. The van der Waals surface area contributed by atoms with Crippen LogP contribution in [0.3, 0.4) is 0 Å². The third-order valence-electron chi connectivity index (χ3n) is 3.32. The highest BCUT2D eigenvalue weighted by molar-refractivity contribution is 9.10. The first-order chi connectivity index (χ1) is 9.65. The number of nitrogens with zero attached hydrogens (tertiary/aromatic N) is 1. The number of halogens is 1. The van der Waals surface area contributed by atoms with Gasteiger partial charge in [0.05, 0.1) is 13.2 Å². The summed E-state index contributed by atoms with van der Waals surface area (Å²) in [6, 6.07) is 8.31. The number of likely N-dealkylation sites (N-methyl/N-ethyl adjacent to an activating group) is 1. The van der Waals surface area contributed by atoms with Crippen LogP contribution in [0.1, 0.15) is 17.2 Å². The van der Waals surface area contributed by atoms with E-state index in [-0.39, 0.29) is 6.04 Å². The van der Waals surface area contributed by atoms with E-state index in [1.54, 1.807) is 18.4 Å². The Kier molecular flexibility index (Phi) is 5.60. The molecule has 5 heteroatoms. The number of hydrogen-bond acceptors (Lipinski definition) is 4. The Hall–Kier alpha value is -0.880. The zero-order valence-electron chi connectivity index (χ0n) is 11.7. The van der Waals surface area contributed by atoms with Gasteiger partial charge < -0.3 is 10.5 Å². The lowest BCUT2D eigenvalue weighted by molar-refractivity contribution is 0.236. The molecule has 0 radical (unpaired) electrons. The predicted octanol–water partition coefficient (Wildman–Crippen LogP) is 3.65. The number of rotatable bonds is 6. The van der Waals surface area contributed by atoms with Crippen LogP contribution in [-0.4, -0.2) is 25.6 Å². The molecule has 0 spiro atoms. The Labute approximate surface area is 132 Å². The molecular weight excluding hydrogens is 336 g/mol. The van der Waals surface area contributed by atoms with Crippen molar-refractivity contribution in [1.29, 1.82) is 0 Å². The Balaban J connectivity index is 2.24. The molecule has 0 saturated heterocycles. The number of thiophene rings is 1. The van der Waals surface area contributed by atoms with Crippen LogP contribution in [0.15, 0.2) is 39.5 Å². The van der Waals surface area contributed by atoms with Crippen molar-refractivity contribution in [1.82, 2.24) is 4.90 Å². The highest BCUT2D eigenvalue weighted by atomic mass is 79.9. The van der Waals surface area contributed by atoms with Gasteiger partial charge in [0.2, 0.25) is 0 Å². The minimum atomic E-state index is 0.127. The number of hydrogen-bond donors (Lipinski definition) is 1. The van der Waals surface area contributed by atoms with Crippen molar-refractivity contribution in [2.24, 2.45) is 5.73 Å². The molecular formula is C15H19BrN2OS. The Morgan fingerprint density at radius 2 is 2.20 bits per heavy atom. The Bertz CT molecular complexity index is 545. The monoisotopic (exact) mass is 354 g/mol. The molecule has 2 rings (SSSR count). The number of methoxy groups -OCH3 is 1. The maximum atomic E-state index is 6.00. The van der Waals surface area contributed by atoms with E-state index >= 15 is 0 Å². The lowest BCUT2D eigenvalue weighted by Crippen LogP contribution is -2.30. The molecule has 2 N–H and O–H groups in total. The zero-order chi connectivity index (χ0) is 14.5. The van der Waals surface area contributed by atoms with Gasteiger partial charge in [-0.05, 0) is 47.6 Å². The smallest absolute Gasteiger partial charge is 0.123 e. The van der Waals surface area contributed by atoms with Gasteiger partial charge in [0.1, 0.15) is 5.75 Å². The van der Waals surface area contributed by atoms with E-state index in [9.17, 15) is 0 Å². The van der Waals surface area contributed by atoms with Gasteiger partial charge in [-0.25, -0.2) is 0 Å². The minimum absolute atomic E-state index is 0.127. The van der Waals surface area contributed by atoms with Crippen LogP contribution in [0.4, 0.5) is 0 Å². The largest absolute Gasteiger partial charge is 0.496 e. The van der Waals surface area contributed by atoms with E-state index in [0.717, 1.165) is 22.3 Å². The molecule has 3 nitrogen and oxygen atoms in total. The fourth-order valence-electron chi connectivity index (χ4n) is 2.29. The van der Waals surface area contributed by atoms with Gasteiger partial charge in [0.15, 0.2) is 0 Å². The number of ether oxygens (including phenoxy) is 1. The van der Waals surface area contributed by atoms with Gasteiger partial charge in [-0.3, -0.25) is 4.90 Å². The molecule has 0 aliphatic heterocycles. The van der Waals surface area contributed by atoms with Gasteiger partial charge in [-0.1, -0.05) is 15.9 Å². The average molecular weight is 355 g/mol. The second kappa shape index (κ2) is 7.22. The topological polar surface area (TPSA) is 38.5 Å². The van der Waals surface area contributed by atoms with Crippen molar-refractivity contribution in [3.63, 3.8) is 0 Å². The van der Waals surface area contributed by atoms with Crippen molar-refractivity contribution in [3.05, 3.63) is 50.6 Å². The van der Waals surface area contributed by atoms with Gasteiger partial charge in [0.25, 0.3) is 0 Å². The molecule has 20 heavy (non-hydrogen) atoms. The van der Waals surface area contributed by atoms with Gasteiger partial charge in [-0.2, -0.15) is 11.3 Å². The van der Waals surface area contributed by atoms with Crippen LogP contribution in [0.25, 0.3) is 0 Å². The van der Waals surface area contributed by atoms with Crippen LogP contribution in [0.2, 0.25) is 0 Å². The Morgan fingerprint density at radius 1 is 1.40 bits per heavy atom. The molecule has 0 aliphatic rings. The SMILES string of the molecule is COc1ccc(Br)cc1C(CN)N(C)Cc1ccsc1. The summed E-state index contributed by atoms with van der Waals surface area (Å²) in [5.74, 6) is 0.876. The van der Waals surface area contributed by atoms with Crippen LogP contribution in [0.5, 0.6) is 5.75 Å². The molecule has 0 bridgehead atoms. The molecule has 1 heterocycles. The van der Waals surface area contributed by atoms with Gasteiger partial charge in [-0.15, -0.1) is 0 Å². The quantitative estimate of drug-likeness (QED) is 0.860. The fraction of sp³-hybridized carbons (Fsp3) is 0.333. The second-order valence-corrected chi connectivity index (χ2v) is 6.38. The third-order valence-corrected chi connectivity index (χ3v) is 4.54. The molecule has 0 saturated carbocycles. The lowest BCUT2D eigenvalue weighted by atomic mass is 10.0. The first-order valence-electron chi connectivity index (χ1n) is 6.40. The maximum absolute atomic E-state index is 6.00. The first-order valence-corrected chi connectivity index (χ1v) is 8.14. The van der Waals surface area contributed by atoms with Crippen molar-refractivity contribution >= 4 is 27.3 Å². The van der Waals surface area contributed by atoms with Crippen LogP contribution < -0.4 is 10.5 Å². The summed E-state index contributed by atoms with van der Waals surface area (Å²) in [6.07, 6.45) is 0. The van der Waals surface area contributed by atoms with Gasteiger partial charge >= 0.3 is 0 Å². The van der Waals surface area contributed by atoms with Gasteiger partial charge in [0, 0.05) is 23.1 Å². The molecule has 108 valence electrons. The van der Waals surface area contributed by atoms with E-state index < -0.39 is 0 Å². The fourth-order valence-corrected chi connectivity index (χ4v) is 3.33. The van der Waals surface area contributed by atoms with E-state index in [0.29, 0.717) is 6.54 Å². The van der Waals surface area contributed by atoms with E-state index in [1.165, 1.54) is 5.56 Å². The standard InChI is InChI=1S/C15H19BrN2OS/c1-18(9-11-5-6-20-10-11)14(8-17)13-7-12(16)3-4-15(13)19-2/h3-7,10,14H,8-9,17H2,1-2H3. The lowest BCUT2D eigenvalue weighted by Gasteiger charge is -2.28. The third kappa shape index (κ3) is 3.61. The van der Waals surface area contributed by atoms with Crippen LogP contribution in [0, 0.1) is 0 Å². The zero-order valence-corrected chi connectivity index (χ0v) is 14.1. The highest BCUT2D eigenvalue weighted by Gasteiger charge is 2.20. The molecule has 1 atom stereocenters. The van der Waals surface area contributed by atoms with Crippen molar-refractivity contribution in [2.45, 2.75) is 12.6 Å². The predicted molar refractivity (Wildman–Crippen MR) is 88.3 cm³/mol. The van der Waals surface area contributed by atoms with Crippen LogP contribution >= 0.6 is 27.3 Å². The first kappa shape index (κ1) is 15.5. The van der Waals surface area contributed by atoms with Crippen LogP contribution in [-0.2, 0) is 6.54 Å². The molecule has 1 aromatic carbocycles. The average Bonchev–Trinajstić information content (AvgIpc) is 2.93. The number of nitrogens with two attached hydrogens (primary N) is 1. The highest BCUT2D eigenvalue weighted by Crippen LogP contribution is 2.31. The summed E-state index contributed by atoms with van der Waals surface area (Å²) in [5, 5.41) is 4.27. The molecule has 0 fully saturated rings. The summed E-state index contributed by atoms with van der Waals surface area (Å²) in [5.41, 5.74) is 8.42. The summed E-state index contributed by atoms with van der Waals surface area (Å²) in [7, 11) is 3.79. The Morgan fingerprint density at radius 3 is 2.80 bits per heavy atom. The molecule has 0 amide bonds. The van der Waals surface area contributed by atoms with Crippen molar-refractivity contribution in [3.8, 4) is 5.75 Å². The second-order valence-electron chi connectivity index (χ2n) is 4.68. The summed E-state index contributed by atoms with van der Waals surface area (Å²) >= 11 is 5.24. The molecule has 0 aliphatic carbocycles. The summed E-state index contributed by atoms with van der Waals surface area (Å²) in [4.78, 5) is 2.26. The minimum Gasteiger partial charge on any atom is -0.496 e. The van der Waals surface area contributed by atoms with E-state index in [1.807, 2.05) is 12.1 Å². The number of benzene rings is 1. The van der Waals surface area contributed by atoms with Crippen molar-refractivity contribution < 1.29 is 4.74 Å². The van der Waals surface area contributed by atoms with Crippen molar-refractivity contribution in [2.75, 3.05) is 20.7 Å². The molecule has 1 aromatic heterocycles. The normalized spacial score (nSPS) is 12.7. The summed E-state index contributed by atoms with van der Waals surface area (Å²) < 4.78 is 6.51. The molecule has 2 aromatic rings. The molecule has 1 unspecified atom stereocenters.